The molecular weight excluding hydrogens is 364 g/mol. The molecule has 1 aliphatic heterocycles. The fourth-order valence-electron chi connectivity index (χ4n) is 2.49. The van der Waals surface area contributed by atoms with Gasteiger partial charge in [-0.25, -0.2) is 4.79 Å². The molecule has 1 aromatic rings. The number of nitrogens with zero attached hydrogens (tertiary/aromatic N) is 3. The Kier molecular flexibility index (Phi) is 5.33. The molecule has 2 amide bonds. The molecule has 23 heavy (non-hydrogen) atoms. The summed E-state index contributed by atoms with van der Waals surface area (Å²) in [6.45, 7) is 6.61. The highest BCUT2D eigenvalue weighted by atomic mass is 79.9. The van der Waals surface area contributed by atoms with Crippen molar-refractivity contribution >= 4 is 27.9 Å². The van der Waals surface area contributed by atoms with Crippen LogP contribution in [0.3, 0.4) is 0 Å². The van der Waals surface area contributed by atoms with Crippen molar-refractivity contribution in [3.63, 3.8) is 0 Å². The Balaban J connectivity index is 1.97. The van der Waals surface area contributed by atoms with Gasteiger partial charge in [0.15, 0.2) is 0 Å². The van der Waals surface area contributed by atoms with Gasteiger partial charge in [0, 0.05) is 26.2 Å². The van der Waals surface area contributed by atoms with Gasteiger partial charge in [-0.05, 0) is 49.5 Å². The third kappa shape index (κ3) is 4.70. The van der Waals surface area contributed by atoms with Crippen molar-refractivity contribution in [3.05, 3.63) is 16.4 Å². The Morgan fingerprint density at radius 2 is 2.13 bits per heavy atom. The normalized spacial score (nSPS) is 18.7. The fourth-order valence-corrected chi connectivity index (χ4v) is 2.85. The third-order valence-electron chi connectivity index (χ3n) is 3.53. The zero-order valence-electron chi connectivity index (χ0n) is 13.9. The highest BCUT2D eigenvalue weighted by molar-refractivity contribution is 9.10. The number of hydrogen-bond donors (Lipinski definition) is 1. The van der Waals surface area contributed by atoms with E-state index < -0.39 is 11.7 Å². The Morgan fingerprint density at radius 3 is 2.70 bits per heavy atom. The summed E-state index contributed by atoms with van der Waals surface area (Å²) >= 11 is 3.37. The summed E-state index contributed by atoms with van der Waals surface area (Å²) in [6.07, 6.45) is 2.78. The number of amides is 2. The molecule has 0 aromatic carbocycles. The smallest absolute Gasteiger partial charge is 0.407 e. The van der Waals surface area contributed by atoms with E-state index >= 15 is 0 Å². The molecule has 0 unspecified atom stereocenters. The first-order valence-corrected chi connectivity index (χ1v) is 8.43. The summed E-state index contributed by atoms with van der Waals surface area (Å²) in [7, 11) is 1.77. The van der Waals surface area contributed by atoms with E-state index in [4.69, 9.17) is 4.74 Å². The van der Waals surface area contributed by atoms with Gasteiger partial charge in [0.1, 0.15) is 10.2 Å². The van der Waals surface area contributed by atoms with Crippen LogP contribution in [0.4, 0.5) is 4.79 Å². The van der Waals surface area contributed by atoms with Gasteiger partial charge in [0.2, 0.25) is 0 Å². The van der Waals surface area contributed by atoms with Gasteiger partial charge in [-0.1, -0.05) is 0 Å². The summed E-state index contributed by atoms with van der Waals surface area (Å²) in [5.41, 5.74) is -0.000113. The maximum Gasteiger partial charge on any atom is 0.407 e. The van der Waals surface area contributed by atoms with Gasteiger partial charge in [0.05, 0.1) is 11.8 Å². The van der Waals surface area contributed by atoms with Crippen LogP contribution in [-0.2, 0) is 11.8 Å². The van der Waals surface area contributed by atoms with Crippen LogP contribution in [-0.4, -0.2) is 51.4 Å². The molecule has 0 bridgehead atoms. The number of alkyl carbamates (subject to hydrolysis) is 1. The maximum atomic E-state index is 12.6. The second-order valence-electron chi connectivity index (χ2n) is 6.71. The fraction of sp³-hybridized carbons (Fsp3) is 0.667. The quantitative estimate of drug-likeness (QED) is 0.845. The van der Waals surface area contributed by atoms with E-state index in [1.54, 1.807) is 22.8 Å². The first-order valence-electron chi connectivity index (χ1n) is 7.63. The molecule has 8 heteroatoms. The average Bonchev–Trinajstić information content (AvgIpc) is 2.76. The molecule has 0 saturated carbocycles. The largest absolute Gasteiger partial charge is 0.444 e. The topological polar surface area (TPSA) is 76.5 Å². The third-order valence-corrected chi connectivity index (χ3v) is 4.47. The molecule has 1 aromatic heterocycles. The summed E-state index contributed by atoms with van der Waals surface area (Å²) in [6, 6.07) is -0.0991. The Morgan fingerprint density at radius 1 is 1.43 bits per heavy atom. The number of nitrogens with one attached hydrogen (secondary N) is 1. The van der Waals surface area contributed by atoms with E-state index in [9.17, 15) is 9.59 Å². The number of aryl methyl sites for hydroxylation is 1. The predicted octanol–water partition coefficient (Wildman–Crippen LogP) is 2.31. The second-order valence-corrected chi connectivity index (χ2v) is 7.46. The lowest BCUT2D eigenvalue weighted by atomic mass is 10.1. The molecule has 1 aliphatic rings. The Bertz CT molecular complexity index is 594. The summed E-state index contributed by atoms with van der Waals surface area (Å²) in [5, 5.41) is 6.92. The van der Waals surface area contributed by atoms with Gasteiger partial charge in [0.25, 0.3) is 5.91 Å². The minimum absolute atomic E-state index is 0.0827. The lowest BCUT2D eigenvalue weighted by Crippen LogP contribution is -2.50. The predicted molar refractivity (Wildman–Crippen MR) is 89.2 cm³/mol. The van der Waals surface area contributed by atoms with Crippen molar-refractivity contribution in [2.45, 2.75) is 45.3 Å². The number of likely N-dealkylation sites (tertiary alicyclic amines) is 1. The Labute approximate surface area is 144 Å². The van der Waals surface area contributed by atoms with Gasteiger partial charge in [-0.3, -0.25) is 9.48 Å². The molecule has 0 aliphatic carbocycles. The average molecular weight is 387 g/mol. The van der Waals surface area contributed by atoms with Crippen molar-refractivity contribution < 1.29 is 14.3 Å². The van der Waals surface area contributed by atoms with E-state index in [0.29, 0.717) is 23.3 Å². The molecule has 128 valence electrons. The lowest BCUT2D eigenvalue weighted by molar-refractivity contribution is 0.0452. The first kappa shape index (κ1) is 17.8. The highest BCUT2D eigenvalue weighted by Gasteiger charge is 2.28. The van der Waals surface area contributed by atoms with Crippen LogP contribution in [0.5, 0.6) is 0 Å². The molecule has 1 N–H and O–H groups in total. The zero-order valence-corrected chi connectivity index (χ0v) is 15.5. The van der Waals surface area contributed by atoms with E-state index in [-0.39, 0.29) is 11.9 Å². The maximum absolute atomic E-state index is 12.6. The first-order chi connectivity index (χ1) is 10.7. The minimum Gasteiger partial charge on any atom is -0.444 e. The van der Waals surface area contributed by atoms with Crippen LogP contribution in [0.1, 0.15) is 44.0 Å². The van der Waals surface area contributed by atoms with Crippen molar-refractivity contribution in [2.24, 2.45) is 7.05 Å². The zero-order chi connectivity index (χ0) is 17.2. The van der Waals surface area contributed by atoms with Crippen molar-refractivity contribution in [1.29, 1.82) is 0 Å². The van der Waals surface area contributed by atoms with Gasteiger partial charge in [-0.15, -0.1) is 0 Å². The number of aromatic nitrogens is 2. The highest BCUT2D eigenvalue weighted by Crippen LogP contribution is 2.20. The van der Waals surface area contributed by atoms with Crippen LogP contribution < -0.4 is 5.32 Å². The molecule has 0 spiro atoms. The lowest BCUT2D eigenvalue weighted by Gasteiger charge is -2.33. The van der Waals surface area contributed by atoms with Crippen molar-refractivity contribution in [1.82, 2.24) is 20.0 Å². The van der Waals surface area contributed by atoms with Crippen LogP contribution in [0.15, 0.2) is 10.8 Å². The van der Waals surface area contributed by atoms with Crippen molar-refractivity contribution in [2.75, 3.05) is 13.1 Å². The van der Waals surface area contributed by atoms with Crippen LogP contribution in [0.25, 0.3) is 0 Å². The molecule has 7 nitrogen and oxygen atoms in total. The number of hydrogen-bond acceptors (Lipinski definition) is 4. The van der Waals surface area contributed by atoms with E-state index in [0.717, 1.165) is 12.8 Å². The van der Waals surface area contributed by atoms with E-state index in [2.05, 4.69) is 26.3 Å². The standard InChI is InChI=1S/C15H23BrN4O3/c1-15(2,3)23-14(22)18-10-6-5-7-20(9-10)13(21)11-8-17-19(4)12(11)16/h8,10H,5-7,9H2,1-4H3,(H,18,22)/t10-/m0/s1. The van der Waals surface area contributed by atoms with Crippen molar-refractivity contribution in [3.8, 4) is 0 Å². The molecular formula is C15H23BrN4O3. The number of halogens is 1. The minimum atomic E-state index is -0.533. The molecule has 2 rings (SSSR count). The molecule has 1 saturated heterocycles. The van der Waals surface area contributed by atoms with Gasteiger partial charge in [-0.2, -0.15) is 5.10 Å². The van der Waals surface area contributed by atoms with Crippen LogP contribution in [0, 0.1) is 0 Å². The molecule has 2 heterocycles. The number of carbonyl (C=O) groups excluding carboxylic acids is 2. The van der Waals surface area contributed by atoms with E-state index in [1.807, 2.05) is 20.8 Å². The number of ether oxygens (including phenoxy) is 1. The molecule has 0 radical (unpaired) electrons. The number of piperidine rings is 1. The molecule has 1 atom stereocenters. The number of carbonyl (C=O) groups is 2. The second kappa shape index (κ2) is 6.90. The summed E-state index contributed by atoms with van der Waals surface area (Å²) < 4.78 is 7.53. The molecule has 1 fully saturated rings. The van der Waals surface area contributed by atoms with Gasteiger partial charge >= 0.3 is 6.09 Å². The Hall–Kier alpha value is -1.57. The van der Waals surface area contributed by atoms with Crippen LogP contribution >= 0.6 is 15.9 Å². The SMILES string of the molecule is Cn1ncc(C(=O)N2CCC[C@H](NC(=O)OC(C)(C)C)C2)c1Br. The van der Waals surface area contributed by atoms with Gasteiger partial charge < -0.3 is 15.0 Å². The summed E-state index contributed by atoms with van der Waals surface area (Å²) in [5.74, 6) is -0.0827. The summed E-state index contributed by atoms with van der Waals surface area (Å²) in [4.78, 5) is 26.2. The monoisotopic (exact) mass is 386 g/mol. The number of rotatable bonds is 2. The van der Waals surface area contributed by atoms with E-state index in [1.165, 1.54) is 0 Å². The van der Waals surface area contributed by atoms with Crippen LogP contribution in [0.2, 0.25) is 0 Å².